The van der Waals surface area contributed by atoms with Gasteiger partial charge in [-0.1, -0.05) is 43.7 Å². The summed E-state index contributed by atoms with van der Waals surface area (Å²) in [4.78, 5) is 11.3. The van der Waals surface area contributed by atoms with Gasteiger partial charge in [-0.2, -0.15) is 0 Å². The lowest BCUT2D eigenvalue weighted by Gasteiger charge is -2.29. The second-order valence-corrected chi connectivity index (χ2v) is 4.44. The normalized spacial score (nSPS) is 21.5. The predicted molar refractivity (Wildman–Crippen MR) is 67.7 cm³/mol. The second-order valence-electron chi connectivity index (χ2n) is 4.44. The zero-order valence-electron chi connectivity index (χ0n) is 10.4. The summed E-state index contributed by atoms with van der Waals surface area (Å²) >= 11 is 0. The van der Waals surface area contributed by atoms with Crippen LogP contribution < -0.4 is 0 Å². The summed E-state index contributed by atoms with van der Waals surface area (Å²) in [6.07, 6.45) is 5.09. The monoisotopic (exact) mass is 244 g/mol. The molecule has 18 heavy (non-hydrogen) atoms. The SMILES string of the molecule is CCCCC1(Cc2ccccc2)C#COC(=O)O1. The zero-order chi connectivity index (χ0) is 12.8. The van der Waals surface area contributed by atoms with Crippen molar-refractivity contribution in [3.63, 3.8) is 0 Å². The van der Waals surface area contributed by atoms with Crippen LogP contribution in [-0.2, 0) is 15.9 Å². The van der Waals surface area contributed by atoms with Crippen LogP contribution in [0.25, 0.3) is 0 Å². The van der Waals surface area contributed by atoms with Crippen LogP contribution in [0.3, 0.4) is 0 Å². The molecular formula is C15H16O3. The van der Waals surface area contributed by atoms with E-state index in [0.717, 1.165) is 24.8 Å². The highest BCUT2D eigenvalue weighted by atomic mass is 16.7. The molecule has 1 unspecified atom stereocenters. The summed E-state index contributed by atoms with van der Waals surface area (Å²) in [6, 6.07) is 9.93. The summed E-state index contributed by atoms with van der Waals surface area (Å²) < 4.78 is 9.87. The zero-order valence-corrected chi connectivity index (χ0v) is 10.4. The van der Waals surface area contributed by atoms with Crippen molar-refractivity contribution in [2.75, 3.05) is 0 Å². The van der Waals surface area contributed by atoms with Gasteiger partial charge in [-0.05, 0) is 24.3 Å². The molecule has 0 aliphatic carbocycles. The number of carbonyl (C=O) groups excluding carboxylic acids is 1. The Kier molecular flexibility index (Phi) is 3.88. The van der Waals surface area contributed by atoms with E-state index in [2.05, 4.69) is 23.7 Å². The molecule has 94 valence electrons. The lowest BCUT2D eigenvalue weighted by Crippen LogP contribution is -2.38. The van der Waals surface area contributed by atoms with Crippen molar-refractivity contribution in [3.8, 4) is 12.0 Å². The number of unbranched alkanes of at least 4 members (excludes halogenated alkanes) is 1. The number of hydrogen-bond donors (Lipinski definition) is 0. The van der Waals surface area contributed by atoms with E-state index < -0.39 is 11.8 Å². The van der Waals surface area contributed by atoms with Gasteiger partial charge < -0.3 is 9.47 Å². The van der Waals surface area contributed by atoms with Gasteiger partial charge in [0, 0.05) is 6.42 Å². The van der Waals surface area contributed by atoms with Crippen LogP contribution in [0.5, 0.6) is 0 Å². The minimum atomic E-state index is -0.729. The molecule has 0 saturated heterocycles. The maximum atomic E-state index is 11.3. The molecule has 0 radical (unpaired) electrons. The third kappa shape index (κ3) is 3.04. The van der Waals surface area contributed by atoms with Gasteiger partial charge in [0.05, 0.1) is 0 Å². The Balaban J connectivity index is 2.19. The summed E-state index contributed by atoms with van der Waals surface area (Å²) in [6.45, 7) is 2.10. The summed E-state index contributed by atoms with van der Waals surface area (Å²) in [5.74, 6) is 2.93. The van der Waals surface area contributed by atoms with Crippen LogP contribution in [0, 0.1) is 12.0 Å². The minimum Gasteiger partial charge on any atom is -0.413 e. The standard InChI is InChI=1S/C15H16O3/c1-2-3-9-15(10-11-17-14(16)18-15)12-13-7-5-4-6-8-13/h4-8H,2-3,9,12H2,1H3. The maximum Gasteiger partial charge on any atom is 0.524 e. The highest BCUT2D eigenvalue weighted by Gasteiger charge is 2.35. The van der Waals surface area contributed by atoms with Crippen LogP contribution in [0.2, 0.25) is 0 Å². The topological polar surface area (TPSA) is 35.5 Å². The molecule has 3 heteroatoms. The van der Waals surface area contributed by atoms with E-state index in [9.17, 15) is 4.79 Å². The van der Waals surface area contributed by atoms with Crippen LogP contribution in [0.1, 0.15) is 31.7 Å². The van der Waals surface area contributed by atoms with E-state index in [1.807, 2.05) is 30.3 Å². The molecule has 1 aromatic carbocycles. The molecule has 1 aliphatic heterocycles. The second kappa shape index (κ2) is 5.59. The van der Waals surface area contributed by atoms with Crippen LogP contribution in [0.4, 0.5) is 4.79 Å². The average Bonchev–Trinajstić information content (AvgIpc) is 2.38. The molecule has 0 bridgehead atoms. The smallest absolute Gasteiger partial charge is 0.413 e. The van der Waals surface area contributed by atoms with E-state index in [1.54, 1.807) is 0 Å². The van der Waals surface area contributed by atoms with Crippen LogP contribution in [0.15, 0.2) is 30.3 Å². The van der Waals surface area contributed by atoms with Crippen LogP contribution >= 0.6 is 0 Å². The van der Waals surface area contributed by atoms with Gasteiger partial charge in [0.1, 0.15) is 6.11 Å². The van der Waals surface area contributed by atoms with Gasteiger partial charge in [0.2, 0.25) is 0 Å². The van der Waals surface area contributed by atoms with Gasteiger partial charge in [-0.25, -0.2) is 4.79 Å². The molecule has 1 atom stereocenters. The first-order valence-corrected chi connectivity index (χ1v) is 6.20. The number of cyclic esters (lactones) is 2. The maximum absolute atomic E-state index is 11.3. The van der Waals surface area contributed by atoms with E-state index in [0.29, 0.717) is 6.42 Å². The summed E-state index contributed by atoms with van der Waals surface area (Å²) in [5.41, 5.74) is 0.379. The quantitative estimate of drug-likeness (QED) is 0.589. The number of rotatable bonds is 5. The molecule has 0 spiro atoms. The highest BCUT2D eigenvalue weighted by molar-refractivity contribution is 5.64. The Morgan fingerprint density at radius 1 is 1.28 bits per heavy atom. The van der Waals surface area contributed by atoms with Crippen molar-refractivity contribution in [2.24, 2.45) is 0 Å². The van der Waals surface area contributed by atoms with Crippen molar-refractivity contribution in [2.45, 2.75) is 38.2 Å². The molecule has 0 saturated carbocycles. The van der Waals surface area contributed by atoms with Crippen molar-refractivity contribution >= 4 is 6.16 Å². The summed E-state index contributed by atoms with van der Waals surface area (Å²) in [7, 11) is 0. The van der Waals surface area contributed by atoms with E-state index in [1.165, 1.54) is 0 Å². The molecule has 1 aliphatic rings. The first-order chi connectivity index (χ1) is 8.74. The first kappa shape index (κ1) is 12.5. The lowest BCUT2D eigenvalue weighted by molar-refractivity contribution is 0.000374. The fraction of sp³-hybridized carbons (Fsp3) is 0.400. The third-order valence-electron chi connectivity index (χ3n) is 2.96. The Hall–Kier alpha value is -1.95. The minimum absolute atomic E-state index is 0.607. The van der Waals surface area contributed by atoms with Gasteiger partial charge in [0.25, 0.3) is 0 Å². The van der Waals surface area contributed by atoms with Crippen molar-refractivity contribution in [1.29, 1.82) is 0 Å². The predicted octanol–water partition coefficient (Wildman–Crippen LogP) is 3.29. The molecule has 1 heterocycles. The Bertz CT molecular complexity index is 470. The Morgan fingerprint density at radius 2 is 2.06 bits per heavy atom. The molecule has 0 fully saturated rings. The number of benzene rings is 1. The molecule has 0 aromatic heterocycles. The molecule has 3 nitrogen and oxygen atoms in total. The van der Waals surface area contributed by atoms with Crippen molar-refractivity contribution in [1.82, 2.24) is 0 Å². The Morgan fingerprint density at radius 3 is 2.72 bits per heavy atom. The van der Waals surface area contributed by atoms with E-state index in [-0.39, 0.29) is 0 Å². The highest BCUT2D eigenvalue weighted by Crippen LogP contribution is 2.26. The Labute approximate surface area is 107 Å². The fourth-order valence-corrected chi connectivity index (χ4v) is 2.04. The molecule has 0 amide bonds. The van der Waals surface area contributed by atoms with Gasteiger partial charge in [-0.15, -0.1) is 0 Å². The van der Waals surface area contributed by atoms with Gasteiger partial charge >= 0.3 is 6.16 Å². The molecular weight excluding hydrogens is 228 g/mol. The van der Waals surface area contributed by atoms with E-state index in [4.69, 9.17) is 4.74 Å². The average molecular weight is 244 g/mol. The number of hydrogen-bond acceptors (Lipinski definition) is 3. The fourth-order valence-electron chi connectivity index (χ4n) is 2.04. The number of ether oxygens (including phenoxy) is 2. The number of carbonyl (C=O) groups is 1. The first-order valence-electron chi connectivity index (χ1n) is 6.20. The van der Waals surface area contributed by atoms with Crippen molar-refractivity contribution in [3.05, 3.63) is 35.9 Å². The summed E-state index contributed by atoms with van der Waals surface area (Å²) in [5, 5.41) is 0. The lowest BCUT2D eigenvalue weighted by atomic mass is 9.89. The molecule has 2 rings (SSSR count). The van der Waals surface area contributed by atoms with Gasteiger partial charge in [0.15, 0.2) is 5.60 Å². The van der Waals surface area contributed by atoms with Crippen LogP contribution in [-0.4, -0.2) is 11.8 Å². The van der Waals surface area contributed by atoms with Gasteiger partial charge in [-0.3, -0.25) is 0 Å². The van der Waals surface area contributed by atoms with Crippen molar-refractivity contribution < 1.29 is 14.3 Å². The molecule has 1 aromatic rings. The largest absolute Gasteiger partial charge is 0.524 e. The van der Waals surface area contributed by atoms with E-state index >= 15 is 0 Å². The molecule has 0 N–H and O–H groups in total. The third-order valence-corrected chi connectivity index (χ3v) is 2.96.